The molecule has 1 saturated heterocycles. The smallest absolute Gasteiger partial charge is 0.270 e. The lowest BCUT2D eigenvalue weighted by Crippen LogP contribution is -2.32. The van der Waals surface area contributed by atoms with Crippen LogP contribution in [0.15, 0.2) is 83.3 Å². The van der Waals surface area contributed by atoms with Crippen molar-refractivity contribution >= 4 is 21.2 Å². The number of hydrogen-bond donors (Lipinski definition) is 0. The van der Waals surface area contributed by atoms with Crippen LogP contribution in [-0.4, -0.2) is 38.4 Å². The number of hydrogen-bond acceptors (Lipinski definition) is 4. The van der Waals surface area contributed by atoms with Crippen molar-refractivity contribution in [2.75, 3.05) is 19.3 Å². The van der Waals surface area contributed by atoms with E-state index < -0.39 is 15.8 Å². The Kier molecular flexibility index (Phi) is 15.5. The van der Waals surface area contributed by atoms with Crippen molar-refractivity contribution < 1.29 is 22.0 Å². The minimum Gasteiger partial charge on any atom is -0.299 e. The number of Topliss-reactive ketones (excluding diaryl/α,β-unsaturated/α-hetero) is 1. The van der Waals surface area contributed by atoms with Crippen LogP contribution in [0.1, 0.15) is 106 Å². The Morgan fingerprint density at radius 1 is 0.935 bits per heavy atom. The molecule has 0 saturated carbocycles. The predicted molar refractivity (Wildman–Crippen MR) is 188 cm³/mol. The maximum absolute atomic E-state index is 12.7. The molecule has 0 radical (unpaired) electrons. The first kappa shape index (κ1) is 39.0. The van der Waals surface area contributed by atoms with Crippen molar-refractivity contribution in [3.8, 4) is 0 Å². The van der Waals surface area contributed by atoms with E-state index in [1.807, 2.05) is 6.07 Å². The van der Waals surface area contributed by atoms with Crippen LogP contribution < -0.4 is 0 Å². The number of ketones is 1. The number of carbonyl (C=O) groups excluding carboxylic acids is 1. The number of rotatable bonds is 9. The van der Waals surface area contributed by atoms with Gasteiger partial charge in [0.1, 0.15) is 0 Å². The maximum atomic E-state index is 12.7. The van der Waals surface area contributed by atoms with Crippen LogP contribution >= 0.6 is 0 Å². The van der Waals surface area contributed by atoms with E-state index in [4.69, 9.17) is 0 Å². The summed E-state index contributed by atoms with van der Waals surface area (Å²) in [5, 5.41) is 0. The number of halogens is 2. The van der Waals surface area contributed by atoms with Crippen LogP contribution in [0, 0.1) is 12.8 Å². The maximum Gasteiger partial charge on any atom is 0.270 e. The molecular formula is C39H53F2NO3S. The first-order valence-corrected chi connectivity index (χ1v) is 18.2. The van der Waals surface area contributed by atoms with Crippen molar-refractivity contribution in [2.45, 2.75) is 97.9 Å². The van der Waals surface area contributed by atoms with Crippen molar-refractivity contribution in [2.24, 2.45) is 5.92 Å². The molecular weight excluding hydrogens is 600 g/mol. The second-order valence-electron chi connectivity index (χ2n) is 12.6. The lowest BCUT2D eigenvalue weighted by molar-refractivity contribution is 0.0174. The van der Waals surface area contributed by atoms with E-state index in [-0.39, 0.29) is 16.2 Å². The summed E-state index contributed by atoms with van der Waals surface area (Å²) in [6.07, 6.45) is 7.09. The van der Waals surface area contributed by atoms with Gasteiger partial charge in [0.05, 0.1) is 4.90 Å². The molecule has 0 amide bonds. The molecule has 0 aromatic heterocycles. The summed E-state index contributed by atoms with van der Waals surface area (Å²) in [5.74, 6) is -1.86. The summed E-state index contributed by atoms with van der Waals surface area (Å²) in [5.41, 5.74) is 7.42. The third-order valence-corrected chi connectivity index (χ3v) is 9.51. The van der Waals surface area contributed by atoms with Gasteiger partial charge in [-0.3, -0.25) is 9.69 Å². The third-order valence-electron chi connectivity index (χ3n) is 8.38. The molecule has 3 aromatic carbocycles. The average Bonchev–Trinajstić information content (AvgIpc) is 3.00. The zero-order valence-corrected chi connectivity index (χ0v) is 29.8. The summed E-state index contributed by atoms with van der Waals surface area (Å²) in [6, 6.07) is 21.4. The normalized spacial score (nSPS) is 14.7. The van der Waals surface area contributed by atoms with Crippen LogP contribution in [0.4, 0.5) is 8.78 Å². The Morgan fingerprint density at radius 3 is 2.00 bits per heavy atom. The van der Waals surface area contributed by atoms with Crippen LogP contribution in [0.25, 0.3) is 5.57 Å². The average molecular weight is 654 g/mol. The first-order valence-electron chi connectivity index (χ1n) is 16.3. The van der Waals surface area contributed by atoms with Gasteiger partial charge in [-0.15, -0.1) is 0 Å². The lowest BCUT2D eigenvalue weighted by atomic mass is 9.91. The quantitative estimate of drug-likeness (QED) is 0.216. The minimum absolute atomic E-state index is 0.0468. The number of likely N-dealkylation sites (tertiary alicyclic amines) is 1. The van der Waals surface area contributed by atoms with Gasteiger partial charge in [-0.25, -0.2) is 17.2 Å². The molecule has 1 fully saturated rings. The summed E-state index contributed by atoms with van der Waals surface area (Å²) in [7, 11) is -3.31. The number of alkyl halides is 2. The highest BCUT2D eigenvalue weighted by molar-refractivity contribution is 7.90. The van der Waals surface area contributed by atoms with Crippen molar-refractivity contribution in [3.05, 3.63) is 106 Å². The van der Waals surface area contributed by atoms with E-state index in [1.54, 1.807) is 6.92 Å². The van der Waals surface area contributed by atoms with Gasteiger partial charge in [0, 0.05) is 30.9 Å². The summed E-state index contributed by atoms with van der Waals surface area (Å²) in [6.45, 7) is 17.2. The highest BCUT2D eigenvalue weighted by Gasteiger charge is 2.24. The molecule has 1 aliphatic heterocycles. The van der Waals surface area contributed by atoms with Crippen molar-refractivity contribution in [1.29, 1.82) is 0 Å². The van der Waals surface area contributed by atoms with Gasteiger partial charge in [-0.2, -0.15) is 0 Å². The Balaban J connectivity index is 0.000000243. The molecule has 0 aliphatic carbocycles. The highest BCUT2D eigenvalue weighted by Crippen LogP contribution is 2.29. The molecule has 46 heavy (non-hydrogen) atoms. The molecule has 0 bridgehead atoms. The molecule has 7 heteroatoms. The Bertz CT molecular complexity index is 1520. The van der Waals surface area contributed by atoms with Crippen LogP contribution in [0.2, 0.25) is 0 Å². The number of carbonyl (C=O) groups is 1. The summed E-state index contributed by atoms with van der Waals surface area (Å²) in [4.78, 5) is 14.1. The first-order chi connectivity index (χ1) is 21.6. The molecule has 0 atom stereocenters. The van der Waals surface area contributed by atoms with Gasteiger partial charge in [-0.1, -0.05) is 87.4 Å². The molecule has 1 aliphatic rings. The predicted octanol–water partition coefficient (Wildman–Crippen LogP) is 10.3. The van der Waals surface area contributed by atoms with E-state index in [9.17, 15) is 22.0 Å². The molecule has 4 nitrogen and oxygen atoms in total. The van der Waals surface area contributed by atoms with Gasteiger partial charge in [-0.05, 0) is 106 Å². The standard InChI is InChI=1S/C17H24O.C13H19N.C9H10F2O2S/c1-6-8-12(3)16(7-2)17-11-15(14(5)18)10-9-13(17)4;1-12-7-9-14(10-8-12)11-13-5-3-2-4-6-13;1-9(10,11)7-3-5-8(6-4-7)14(2,12)13/h9-11H,6-8H2,1-5H3;2-6,12H,7-11H2,1H3;3-6H,1-2H3/b16-12+;;. The van der Waals surface area contributed by atoms with E-state index >= 15 is 0 Å². The molecule has 0 unspecified atom stereocenters. The van der Waals surface area contributed by atoms with E-state index in [2.05, 4.69) is 82.0 Å². The third kappa shape index (κ3) is 12.9. The Hall–Kier alpha value is -3.16. The number of sulfone groups is 1. The monoisotopic (exact) mass is 653 g/mol. The second kappa shape index (κ2) is 18.2. The number of benzene rings is 3. The fourth-order valence-corrected chi connectivity index (χ4v) is 6.10. The topological polar surface area (TPSA) is 54.5 Å². The molecule has 252 valence electrons. The number of piperidine rings is 1. The number of aryl methyl sites for hydroxylation is 1. The molecule has 0 spiro atoms. The molecule has 3 aromatic rings. The van der Waals surface area contributed by atoms with E-state index in [1.165, 1.54) is 72.3 Å². The number of nitrogens with zero attached hydrogens (tertiary/aromatic N) is 1. The zero-order chi connectivity index (χ0) is 34.5. The van der Waals surface area contributed by atoms with Gasteiger partial charge in [0.25, 0.3) is 5.92 Å². The van der Waals surface area contributed by atoms with Crippen molar-refractivity contribution in [3.63, 3.8) is 0 Å². The highest BCUT2D eigenvalue weighted by atomic mass is 32.2. The Labute approximate surface area is 276 Å². The second-order valence-corrected chi connectivity index (χ2v) is 14.6. The molecule has 0 N–H and O–H groups in total. The SMILES string of the molecule is CC(F)(F)c1ccc(S(C)(=O)=O)cc1.CC1CCN(Cc2ccccc2)CC1.CCC/C(C)=C(\CC)c1cc(C(C)=O)ccc1C. The fourth-order valence-electron chi connectivity index (χ4n) is 5.47. The van der Waals surface area contributed by atoms with E-state index in [0.29, 0.717) is 0 Å². The van der Waals surface area contributed by atoms with Gasteiger partial charge < -0.3 is 0 Å². The van der Waals surface area contributed by atoms with Gasteiger partial charge >= 0.3 is 0 Å². The van der Waals surface area contributed by atoms with Crippen molar-refractivity contribution in [1.82, 2.24) is 4.90 Å². The number of allylic oxidation sites excluding steroid dienone is 2. The zero-order valence-electron chi connectivity index (χ0n) is 29.0. The molecule has 1 heterocycles. The van der Waals surface area contributed by atoms with E-state index in [0.717, 1.165) is 56.2 Å². The minimum atomic E-state index is -3.31. The fraction of sp³-hybridized carbons (Fsp3) is 0.462. The van der Waals surface area contributed by atoms with Crippen LogP contribution in [0.3, 0.4) is 0 Å². The van der Waals surface area contributed by atoms with Crippen LogP contribution in [0.5, 0.6) is 0 Å². The van der Waals surface area contributed by atoms with Crippen LogP contribution in [-0.2, 0) is 22.3 Å². The summed E-state index contributed by atoms with van der Waals surface area (Å²) >= 11 is 0. The van der Waals surface area contributed by atoms with Gasteiger partial charge in [0.15, 0.2) is 15.6 Å². The molecule has 4 rings (SSSR count). The van der Waals surface area contributed by atoms with Gasteiger partial charge in [0.2, 0.25) is 0 Å². The Morgan fingerprint density at radius 2 is 1.52 bits per heavy atom. The lowest BCUT2D eigenvalue weighted by Gasteiger charge is -2.30. The summed E-state index contributed by atoms with van der Waals surface area (Å²) < 4.78 is 47.5. The largest absolute Gasteiger partial charge is 0.299 e.